The Hall–Kier alpha value is -7.27. The van der Waals surface area contributed by atoms with Gasteiger partial charge in [0.15, 0.2) is 5.78 Å². The van der Waals surface area contributed by atoms with Gasteiger partial charge < -0.3 is 43.2 Å². The topological polar surface area (TPSA) is 183 Å². The first-order valence-electron chi connectivity index (χ1n) is 33.7. The molecule has 6 aromatic carbocycles. The fraction of sp³-hybridized carbons (Fsp3) is 0.203. The van der Waals surface area contributed by atoms with E-state index in [-0.39, 0.29) is 17.1 Å². The van der Waals surface area contributed by atoms with Gasteiger partial charge in [-0.3, -0.25) is 14.6 Å². The Morgan fingerprint density at radius 2 is 0.934 bits per heavy atom. The maximum absolute atomic E-state index is 14.4. The molecule has 16 rings (SSSR count). The molecule has 13 aromatic rings. The maximum atomic E-state index is 14.4. The number of carbonyl (C=O) groups excluding carboxylic acids is 1. The van der Waals surface area contributed by atoms with Crippen molar-refractivity contribution >= 4 is 151 Å². The first kappa shape index (κ1) is 81.3. The van der Waals surface area contributed by atoms with E-state index >= 15 is 0 Å². The van der Waals surface area contributed by atoms with Gasteiger partial charge in [-0.1, -0.05) is 135 Å². The van der Waals surface area contributed by atoms with Crippen molar-refractivity contribution in [1.82, 2.24) is 42.9 Å². The molecule has 106 heavy (non-hydrogen) atoms. The number of carbonyl (C=O) groups is 1. The minimum Gasteiger partial charge on any atom is -0.423 e. The molecule has 548 valence electrons. The van der Waals surface area contributed by atoms with Crippen LogP contribution in [0.25, 0.3) is 61.8 Å². The minimum atomic E-state index is -1.72. The molecule has 0 unspecified atom stereocenters. The number of hydrogen-bond donors (Lipinski definition) is 3. The fourth-order valence-corrected chi connectivity index (χ4v) is 12.9. The quantitative estimate of drug-likeness (QED) is 0.0632. The van der Waals surface area contributed by atoms with Gasteiger partial charge in [0.05, 0.1) is 60.2 Å². The summed E-state index contributed by atoms with van der Waals surface area (Å²) < 4.78 is 52.2. The molecule has 3 aliphatic rings. The van der Waals surface area contributed by atoms with Crippen LogP contribution >= 0.6 is 110 Å². The number of morpholine rings is 2. The van der Waals surface area contributed by atoms with Crippen LogP contribution in [-0.4, -0.2) is 137 Å². The highest BCUT2D eigenvalue weighted by molar-refractivity contribution is 9.11. The Balaban J connectivity index is 0.000000141. The number of ether oxygens (including phenoxy) is 3. The van der Waals surface area contributed by atoms with Crippen LogP contribution < -0.4 is 11.2 Å². The lowest BCUT2D eigenvalue weighted by Crippen LogP contribution is -2.36. The van der Waals surface area contributed by atoms with Gasteiger partial charge in [0.25, 0.3) is 0 Å². The van der Waals surface area contributed by atoms with E-state index in [4.69, 9.17) is 86.4 Å². The third-order valence-electron chi connectivity index (χ3n) is 16.6. The van der Waals surface area contributed by atoms with Crippen molar-refractivity contribution in [2.24, 2.45) is 0 Å². The van der Waals surface area contributed by atoms with Crippen LogP contribution in [0.4, 0.5) is 14.6 Å². The zero-order chi connectivity index (χ0) is 74.9. The standard InChI is InChI=1S/C24H21ClFN3O.C18H17BrClN3O.C13H8BrClN2.C8H6BrClO.C6H6BFO2.C5H5BrN2.C5H10O/c25-19-8-5-17(6-9-19)24-22(16-28-11-13-30-14-12-28)29-15-18(7-10-23(29)27-24)20-3-1-2-4-21(20)26;19-14-3-6-17-21-18(13-1-4-15(20)5-2-13)16(23(17)11-14)12-22-7-9-24-10-8-22;14-10-3-6-13-16-12(8-17(13)7-10)9-1-4-11(15)5-2-9;9-5-8(11)6-1-3-7(10)4-2-6;8-6-4-2-1-3-5(6)7(9)10;6-4-1-2-5(7)8-3-4;1-2-4-6-5-3-1/h1-10,15H,11-14,16H2;1-6,11H,7-10,12H2;1-8H;1-4H,5H2;1-4,9-10H;1-3H,(H2,7,8);1-5H2. The molecule has 0 aliphatic carbocycles. The first-order valence-corrected chi connectivity index (χ1v) is 38.7. The number of halogens is 10. The van der Waals surface area contributed by atoms with Crippen LogP contribution in [0.5, 0.6) is 0 Å². The Morgan fingerprint density at radius 1 is 0.481 bits per heavy atom. The van der Waals surface area contributed by atoms with E-state index in [1.165, 1.54) is 55.3 Å². The molecule has 3 fully saturated rings. The van der Waals surface area contributed by atoms with Gasteiger partial charge in [-0.2, -0.15) is 0 Å². The summed E-state index contributed by atoms with van der Waals surface area (Å²) in [5, 5.41) is 20.2. The Kier molecular flexibility index (Phi) is 31.7. The smallest absolute Gasteiger partial charge is 0.423 e. The highest BCUT2D eigenvalue weighted by Gasteiger charge is 2.22. The van der Waals surface area contributed by atoms with E-state index in [2.05, 4.69) is 98.5 Å². The molecular weight excluding hydrogens is 1700 g/mol. The van der Waals surface area contributed by atoms with Gasteiger partial charge in [0, 0.05) is 156 Å². The van der Waals surface area contributed by atoms with Crippen molar-refractivity contribution < 1.29 is 37.8 Å². The molecule has 27 heteroatoms. The van der Waals surface area contributed by atoms with E-state index < -0.39 is 12.9 Å². The Labute approximate surface area is 667 Å². The van der Waals surface area contributed by atoms with Crippen molar-refractivity contribution in [2.75, 3.05) is 76.9 Å². The van der Waals surface area contributed by atoms with E-state index in [0.29, 0.717) is 32.3 Å². The summed E-state index contributed by atoms with van der Waals surface area (Å²) in [7, 11) is -1.72. The van der Waals surface area contributed by atoms with Crippen LogP contribution in [0.3, 0.4) is 0 Å². The molecule has 0 saturated carbocycles. The number of nitrogens with zero attached hydrogens (tertiary/aromatic N) is 9. The second-order valence-electron chi connectivity index (χ2n) is 24.1. The SMILES string of the molecule is C1CCOCC1.Clc1ccc(-c2cn3cc(Br)ccc3n2)cc1.Clc1ccc(-c2nc3ccc(Br)cn3c2CN2CCOCC2)cc1.Fc1ccccc1-c1ccc2nc(-c3ccc(Cl)cc3)c(CN3CCOCC3)n2c1.Nc1ccc(Br)cn1.O=C(CBr)c1ccc(Cl)cc1.OB(O)c1ccccc1F. The van der Waals surface area contributed by atoms with Crippen molar-refractivity contribution in [3.05, 3.63) is 287 Å². The van der Waals surface area contributed by atoms with Crippen molar-refractivity contribution in [1.29, 1.82) is 0 Å². The Bertz CT molecular complexity index is 4910. The zero-order valence-electron chi connectivity index (χ0n) is 57.2. The lowest BCUT2D eigenvalue weighted by Gasteiger charge is -2.26. The number of hydrogen-bond acceptors (Lipinski definition) is 13. The molecule has 0 atom stereocenters. The summed E-state index contributed by atoms with van der Waals surface area (Å²) >= 11 is 37.0. The molecule has 0 amide bonds. The molecule has 0 bridgehead atoms. The molecule has 0 spiro atoms. The normalized spacial score (nSPS) is 13.5. The fourth-order valence-electron chi connectivity index (χ4n) is 11.1. The van der Waals surface area contributed by atoms with Crippen LogP contribution in [0.15, 0.2) is 239 Å². The van der Waals surface area contributed by atoms with Gasteiger partial charge in [0.2, 0.25) is 0 Å². The number of nitrogen functional groups attached to an aromatic ring is 1. The van der Waals surface area contributed by atoms with E-state index in [1.807, 2.05) is 144 Å². The first-order chi connectivity index (χ1) is 51.3. The van der Waals surface area contributed by atoms with E-state index in [9.17, 15) is 13.6 Å². The van der Waals surface area contributed by atoms with E-state index in [1.54, 1.807) is 48.7 Å². The highest BCUT2D eigenvalue weighted by Crippen LogP contribution is 2.32. The summed E-state index contributed by atoms with van der Waals surface area (Å²) in [5.41, 5.74) is 18.3. The number of imidazole rings is 3. The molecule has 7 aromatic heterocycles. The van der Waals surface area contributed by atoms with Gasteiger partial charge >= 0.3 is 7.12 Å². The number of rotatable bonds is 11. The van der Waals surface area contributed by atoms with Gasteiger partial charge in [0.1, 0.15) is 34.4 Å². The number of alkyl halides is 1. The largest absolute Gasteiger partial charge is 0.491 e. The second kappa shape index (κ2) is 41.3. The van der Waals surface area contributed by atoms with Crippen molar-refractivity contribution in [2.45, 2.75) is 32.4 Å². The number of fused-ring (bicyclic) bond motifs is 3. The summed E-state index contributed by atoms with van der Waals surface area (Å²) in [4.78, 5) is 33.9. The summed E-state index contributed by atoms with van der Waals surface area (Å²) in [6.07, 6.45) is 13.6. The summed E-state index contributed by atoms with van der Waals surface area (Å²) in [5.74, 6) is -0.211. The number of aromatic nitrogens is 7. The van der Waals surface area contributed by atoms with Gasteiger partial charge in [-0.25, -0.2) is 28.7 Å². The summed E-state index contributed by atoms with van der Waals surface area (Å²) in [6.45, 7) is 10.3. The average molecular weight is 1770 g/mol. The molecule has 0 radical (unpaired) electrons. The third-order valence-corrected chi connectivity index (χ3v) is 19.6. The third kappa shape index (κ3) is 24.1. The minimum absolute atomic E-state index is 0.0710. The maximum Gasteiger partial charge on any atom is 0.491 e. The molecule has 10 heterocycles. The number of anilines is 1. The van der Waals surface area contributed by atoms with Gasteiger partial charge in [-0.05, 0) is 188 Å². The average Bonchev–Trinajstić information content (AvgIpc) is 1.62. The molecule has 16 nitrogen and oxygen atoms in total. The van der Waals surface area contributed by atoms with Crippen molar-refractivity contribution in [3.8, 4) is 44.9 Å². The molecule has 3 aliphatic heterocycles. The van der Waals surface area contributed by atoms with Gasteiger partial charge in [-0.15, -0.1) is 0 Å². The Morgan fingerprint density at radius 3 is 1.40 bits per heavy atom. The lowest BCUT2D eigenvalue weighted by molar-refractivity contribution is 0.0335. The van der Waals surface area contributed by atoms with Crippen LogP contribution in [0, 0.1) is 11.6 Å². The lowest BCUT2D eigenvalue weighted by atomic mass is 9.80. The van der Waals surface area contributed by atoms with Crippen LogP contribution in [0.2, 0.25) is 20.1 Å². The predicted octanol–water partition coefficient (Wildman–Crippen LogP) is 19.0. The zero-order valence-corrected chi connectivity index (χ0v) is 66.5. The molecular formula is C79H73BBr4Cl4F2N10O6. The van der Waals surface area contributed by atoms with Crippen LogP contribution in [-0.2, 0) is 27.3 Å². The van der Waals surface area contributed by atoms with E-state index in [0.717, 1.165) is 164 Å². The van der Waals surface area contributed by atoms with Crippen LogP contribution in [0.1, 0.15) is 41.0 Å². The molecule has 4 N–H and O–H groups in total. The second-order valence-corrected chi connectivity index (χ2v) is 29.1. The number of Topliss-reactive ketones (excluding diaryl/α,β-unsaturated/α-hetero) is 1. The highest BCUT2D eigenvalue weighted by atomic mass is 79.9. The summed E-state index contributed by atoms with van der Waals surface area (Å²) in [6, 6.07) is 58.0. The monoisotopic (exact) mass is 1760 g/mol. The number of nitrogens with two attached hydrogens (primary N) is 1. The number of ketones is 1. The number of benzene rings is 6. The predicted molar refractivity (Wildman–Crippen MR) is 437 cm³/mol. The molecule has 3 saturated heterocycles. The number of pyridine rings is 4. The van der Waals surface area contributed by atoms with Crippen molar-refractivity contribution in [3.63, 3.8) is 0 Å².